The molecule has 0 aliphatic carbocycles. The molecule has 0 spiro atoms. The molecule has 1 aliphatic heterocycles. The zero-order valence-electron chi connectivity index (χ0n) is 9.47. The van der Waals surface area contributed by atoms with Gasteiger partial charge >= 0.3 is 0 Å². The Balaban J connectivity index is 2.60. The van der Waals surface area contributed by atoms with E-state index in [-0.39, 0.29) is 5.75 Å². The van der Waals surface area contributed by atoms with Crippen LogP contribution >= 0.6 is 11.6 Å². The Bertz CT molecular complexity index is 582. The number of halogens is 1. The van der Waals surface area contributed by atoms with Gasteiger partial charge in [0.1, 0.15) is 0 Å². The Kier molecular flexibility index (Phi) is 2.91. The van der Waals surface area contributed by atoms with E-state index < -0.39 is 21.8 Å². The zero-order valence-corrected chi connectivity index (χ0v) is 11.0. The van der Waals surface area contributed by atoms with Crippen LogP contribution in [0.5, 0.6) is 0 Å². The molecule has 0 radical (unpaired) electrons. The molecule has 1 aliphatic rings. The molecule has 1 unspecified atom stereocenters. The topological polar surface area (TPSA) is 54.5 Å². The maximum Gasteiger partial charge on any atom is 0.244 e. The minimum absolute atomic E-state index is 0.141. The van der Waals surface area contributed by atoms with Crippen molar-refractivity contribution in [2.24, 2.45) is 5.92 Å². The fraction of sp³-hybridized carbons (Fsp3) is 0.364. The Morgan fingerprint density at radius 3 is 2.59 bits per heavy atom. The summed E-state index contributed by atoms with van der Waals surface area (Å²) in [4.78, 5) is 11.9. The van der Waals surface area contributed by atoms with Crippen LogP contribution in [0.1, 0.15) is 12.5 Å². The summed E-state index contributed by atoms with van der Waals surface area (Å²) in [5.41, 5.74) is 1.06. The van der Waals surface area contributed by atoms with Crippen LogP contribution in [0.3, 0.4) is 0 Å². The summed E-state index contributed by atoms with van der Waals surface area (Å²) in [7, 11) is -3.55. The van der Waals surface area contributed by atoms with E-state index in [1.54, 1.807) is 26.0 Å². The Labute approximate surface area is 105 Å². The average Bonchev–Trinajstić information content (AvgIpc) is 2.41. The predicted molar refractivity (Wildman–Crippen MR) is 66.6 cm³/mol. The molecule has 6 heteroatoms. The molecule has 2 rings (SSSR count). The smallest absolute Gasteiger partial charge is 0.244 e. The van der Waals surface area contributed by atoms with Crippen LogP contribution in [0.4, 0.5) is 5.69 Å². The lowest BCUT2D eigenvalue weighted by Crippen LogP contribution is -2.30. The highest BCUT2D eigenvalue weighted by Crippen LogP contribution is 2.32. The largest absolute Gasteiger partial charge is 0.273 e. The molecule has 0 N–H and O–H groups in total. The average molecular weight is 274 g/mol. The van der Waals surface area contributed by atoms with E-state index in [1.165, 1.54) is 6.07 Å². The highest BCUT2D eigenvalue weighted by Gasteiger charge is 2.42. The van der Waals surface area contributed by atoms with Crippen LogP contribution in [-0.4, -0.2) is 20.1 Å². The Morgan fingerprint density at radius 1 is 1.41 bits per heavy atom. The third-order valence-electron chi connectivity index (χ3n) is 2.75. The number of aryl methyl sites for hydroxylation is 1. The number of hydrogen-bond acceptors (Lipinski definition) is 3. The maximum atomic E-state index is 11.9. The lowest BCUT2D eigenvalue weighted by Gasteiger charge is -2.17. The SMILES string of the molecule is Cc1ccc(Cl)cc1N1C(=O)C(C)CS1(=O)=O. The number of benzene rings is 1. The summed E-state index contributed by atoms with van der Waals surface area (Å²) in [5, 5.41) is 0.410. The molecule has 1 aromatic carbocycles. The van der Waals surface area contributed by atoms with E-state index in [4.69, 9.17) is 11.6 Å². The summed E-state index contributed by atoms with van der Waals surface area (Å²) < 4.78 is 24.7. The molecule has 4 nitrogen and oxygen atoms in total. The monoisotopic (exact) mass is 273 g/mol. The van der Waals surface area contributed by atoms with Gasteiger partial charge in [-0.25, -0.2) is 12.7 Å². The third kappa shape index (κ3) is 2.05. The molecular weight excluding hydrogens is 262 g/mol. The number of carbonyl (C=O) groups is 1. The van der Waals surface area contributed by atoms with Crippen molar-refractivity contribution in [2.75, 3.05) is 10.1 Å². The van der Waals surface area contributed by atoms with Gasteiger partial charge < -0.3 is 0 Å². The fourth-order valence-electron chi connectivity index (χ4n) is 1.87. The van der Waals surface area contributed by atoms with Crippen molar-refractivity contribution in [3.63, 3.8) is 0 Å². The van der Waals surface area contributed by atoms with Crippen molar-refractivity contribution in [3.05, 3.63) is 28.8 Å². The molecule has 1 amide bonds. The standard InChI is InChI=1S/C11H12ClNO3S/c1-7-3-4-9(12)5-10(7)13-11(14)8(2)6-17(13,15)16/h3-5,8H,6H2,1-2H3. The summed E-state index contributed by atoms with van der Waals surface area (Å²) in [5.74, 6) is -1.04. The number of sulfonamides is 1. The van der Waals surface area contributed by atoms with E-state index in [0.717, 1.165) is 4.31 Å². The molecular formula is C11H12ClNO3S. The van der Waals surface area contributed by atoms with Crippen LogP contribution < -0.4 is 4.31 Å². The van der Waals surface area contributed by atoms with Gasteiger partial charge in [-0.3, -0.25) is 4.79 Å². The Morgan fingerprint density at radius 2 is 2.06 bits per heavy atom. The maximum absolute atomic E-state index is 11.9. The van der Waals surface area contributed by atoms with Crippen LogP contribution in [0, 0.1) is 12.8 Å². The van der Waals surface area contributed by atoms with Gasteiger partial charge in [0, 0.05) is 5.02 Å². The first kappa shape index (κ1) is 12.4. The minimum atomic E-state index is -3.55. The second-order valence-corrected chi connectivity index (χ2v) is 6.51. The van der Waals surface area contributed by atoms with Crippen LogP contribution in [0.2, 0.25) is 5.02 Å². The highest BCUT2D eigenvalue weighted by molar-refractivity contribution is 7.94. The second-order valence-electron chi connectivity index (χ2n) is 4.21. The fourth-order valence-corrected chi connectivity index (χ4v) is 3.91. The third-order valence-corrected chi connectivity index (χ3v) is 4.84. The second kappa shape index (κ2) is 3.99. The number of hydrogen-bond donors (Lipinski definition) is 0. The van der Waals surface area contributed by atoms with E-state index in [9.17, 15) is 13.2 Å². The molecule has 1 saturated heterocycles. The summed E-state index contributed by atoms with van der Waals surface area (Å²) in [6, 6.07) is 4.87. The zero-order chi connectivity index (χ0) is 12.8. The van der Waals surface area contributed by atoms with Crippen molar-refractivity contribution in [2.45, 2.75) is 13.8 Å². The van der Waals surface area contributed by atoms with Crippen molar-refractivity contribution < 1.29 is 13.2 Å². The normalized spacial score (nSPS) is 23.1. The lowest BCUT2D eigenvalue weighted by molar-refractivity contribution is -0.119. The Hall–Kier alpha value is -1.07. The molecule has 0 bridgehead atoms. The lowest BCUT2D eigenvalue weighted by atomic mass is 10.1. The number of rotatable bonds is 1. The summed E-state index contributed by atoms with van der Waals surface area (Å²) >= 11 is 5.84. The molecule has 0 saturated carbocycles. The molecule has 1 atom stereocenters. The van der Waals surface area contributed by atoms with E-state index >= 15 is 0 Å². The first-order valence-electron chi connectivity index (χ1n) is 5.16. The number of nitrogens with zero attached hydrogens (tertiary/aromatic N) is 1. The van der Waals surface area contributed by atoms with E-state index in [0.29, 0.717) is 16.3 Å². The molecule has 1 aromatic rings. The van der Waals surface area contributed by atoms with Crippen molar-refractivity contribution in [1.29, 1.82) is 0 Å². The minimum Gasteiger partial charge on any atom is -0.273 e. The highest BCUT2D eigenvalue weighted by atomic mass is 35.5. The summed E-state index contributed by atoms with van der Waals surface area (Å²) in [6.45, 7) is 3.36. The number of anilines is 1. The van der Waals surface area contributed by atoms with Gasteiger partial charge in [0.05, 0.1) is 17.4 Å². The van der Waals surface area contributed by atoms with Gasteiger partial charge in [-0.2, -0.15) is 0 Å². The van der Waals surface area contributed by atoms with E-state index in [2.05, 4.69) is 0 Å². The van der Waals surface area contributed by atoms with Gasteiger partial charge in [-0.05, 0) is 24.6 Å². The van der Waals surface area contributed by atoms with Gasteiger partial charge in [0.25, 0.3) is 0 Å². The van der Waals surface area contributed by atoms with E-state index in [1.807, 2.05) is 0 Å². The molecule has 1 heterocycles. The first-order valence-corrected chi connectivity index (χ1v) is 7.14. The van der Waals surface area contributed by atoms with Crippen molar-refractivity contribution in [3.8, 4) is 0 Å². The van der Waals surface area contributed by atoms with Crippen molar-refractivity contribution >= 4 is 33.2 Å². The predicted octanol–water partition coefficient (Wildman–Crippen LogP) is 1.96. The first-order chi connectivity index (χ1) is 7.83. The molecule has 92 valence electrons. The number of carbonyl (C=O) groups excluding carboxylic acids is 1. The van der Waals surface area contributed by atoms with Gasteiger partial charge in [0.15, 0.2) is 0 Å². The van der Waals surface area contributed by atoms with Gasteiger partial charge in [-0.1, -0.05) is 24.6 Å². The molecule has 0 aromatic heterocycles. The number of amides is 1. The quantitative estimate of drug-likeness (QED) is 0.786. The van der Waals surface area contributed by atoms with Crippen LogP contribution in [0.25, 0.3) is 0 Å². The van der Waals surface area contributed by atoms with Crippen LogP contribution in [0.15, 0.2) is 18.2 Å². The van der Waals surface area contributed by atoms with Crippen LogP contribution in [-0.2, 0) is 14.8 Å². The van der Waals surface area contributed by atoms with Gasteiger partial charge in [0.2, 0.25) is 15.9 Å². The molecule has 17 heavy (non-hydrogen) atoms. The van der Waals surface area contributed by atoms with Gasteiger partial charge in [-0.15, -0.1) is 0 Å². The molecule has 1 fully saturated rings. The van der Waals surface area contributed by atoms with Crippen molar-refractivity contribution in [1.82, 2.24) is 0 Å². The summed E-state index contributed by atoms with van der Waals surface area (Å²) in [6.07, 6.45) is 0.